The number of benzene rings is 1. The van der Waals surface area contributed by atoms with Crippen LogP contribution in [0.3, 0.4) is 0 Å². The van der Waals surface area contributed by atoms with Crippen molar-refractivity contribution in [3.63, 3.8) is 0 Å². The van der Waals surface area contributed by atoms with E-state index in [1.54, 1.807) is 31.3 Å². The van der Waals surface area contributed by atoms with E-state index in [1.165, 1.54) is 19.3 Å². The molecule has 0 unspecified atom stereocenters. The molecule has 28 heavy (non-hydrogen) atoms. The van der Waals surface area contributed by atoms with E-state index in [-0.39, 0.29) is 29.6 Å². The standard InChI is InChI=1S/C22H29N3O3/c1-23-20(27)17-4-2-3-5-18(17)25-19(26)6-7-24-21(28)22-11-14-8-15(12-22)10-16(9-14)13-22/h2-5,14-16H,6-13H2,1H3,(H,23,27)(H,24,28)(H,25,26). The third-order valence-corrected chi connectivity index (χ3v) is 6.83. The Morgan fingerprint density at radius 2 is 1.61 bits per heavy atom. The highest BCUT2D eigenvalue weighted by Gasteiger charge is 2.54. The first kappa shape index (κ1) is 19.0. The molecule has 5 rings (SSSR count). The summed E-state index contributed by atoms with van der Waals surface area (Å²) in [5.74, 6) is 1.86. The van der Waals surface area contributed by atoms with Crippen LogP contribution >= 0.6 is 0 Å². The van der Waals surface area contributed by atoms with Crippen LogP contribution in [-0.2, 0) is 9.59 Å². The zero-order valence-electron chi connectivity index (χ0n) is 16.4. The molecule has 6 heteroatoms. The number of carbonyl (C=O) groups excluding carboxylic acids is 3. The number of amides is 3. The fourth-order valence-electron chi connectivity index (χ4n) is 6.00. The van der Waals surface area contributed by atoms with Crippen molar-refractivity contribution in [2.75, 3.05) is 18.9 Å². The van der Waals surface area contributed by atoms with Crippen LogP contribution in [0.1, 0.15) is 55.3 Å². The molecule has 4 saturated carbocycles. The van der Waals surface area contributed by atoms with Crippen molar-refractivity contribution in [2.24, 2.45) is 23.2 Å². The number of anilines is 1. The first-order valence-electron chi connectivity index (χ1n) is 10.4. The Balaban J connectivity index is 1.29. The molecule has 4 aliphatic carbocycles. The molecule has 1 aromatic rings. The SMILES string of the molecule is CNC(=O)c1ccccc1NC(=O)CCNC(=O)C12CC3CC(CC(C3)C1)C2. The lowest BCUT2D eigenvalue weighted by atomic mass is 9.49. The van der Waals surface area contributed by atoms with E-state index in [0.29, 0.717) is 17.8 Å². The molecule has 0 spiro atoms. The van der Waals surface area contributed by atoms with Crippen molar-refractivity contribution < 1.29 is 14.4 Å². The van der Waals surface area contributed by atoms with Gasteiger partial charge in [-0.2, -0.15) is 0 Å². The summed E-state index contributed by atoms with van der Waals surface area (Å²) >= 11 is 0. The highest BCUT2D eigenvalue weighted by atomic mass is 16.2. The number of rotatable bonds is 6. The minimum atomic E-state index is -0.244. The van der Waals surface area contributed by atoms with Crippen LogP contribution in [0, 0.1) is 23.2 Å². The predicted octanol–water partition coefficient (Wildman–Crippen LogP) is 2.71. The van der Waals surface area contributed by atoms with Gasteiger partial charge < -0.3 is 16.0 Å². The Kier molecular flexibility index (Phi) is 5.13. The lowest BCUT2D eigenvalue weighted by molar-refractivity contribution is -0.146. The summed E-state index contributed by atoms with van der Waals surface area (Å²) in [6, 6.07) is 6.91. The zero-order chi connectivity index (χ0) is 19.7. The number of hydrogen-bond donors (Lipinski definition) is 3. The molecule has 6 nitrogen and oxygen atoms in total. The number of nitrogens with one attached hydrogen (secondary N) is 3. The zero-order valence-corrected chi connectivity index (χ0v) is 16.4. The summed E-state index contributed by atoms with van der Waals surface area (Å²) in [5, 5.41) is 8.38. The molecule has 4 aliphatic rings. The lowest BCUT2D eigenvalue weighted by Gasteiger charge is -2.55. The first-order chi connectivity index (χ1) is 13.5. The smallest absolute Gasteiger partial charge is 0.253 e. The number of carbonyl (C=O) groups is 3. The highest BCUT2D eigenvalue weighted by Crippen LogP contribution is 2.60. The largest absolute Gasteiger partial charge is 0.355 e. The van der Waals surface area contributed by atoms with Crippen LogP contribution < -0.4 is 16.0 Å². The Bertz CT molecular complexity index is 754. The van der Waals surface area contributed by atoms with Crippen LogP contribution in [0.5, 0.6) is 0 Å². The fraction of sp³-hybridized carbons (Fsp3) is 0.591. The topological polar surface area (TPSA) is 87.3 Å². The maximum atomic E-state index is 12.9. The van der Waals surface area contributed by atoms with Crippen molar-refractivity contribution in [2.45, 2.75) is 44.9 Å². The molecule has 0 heterocycles. The summed E-state index contributed by atoms with van der Waals surface area (Å²) in [7, 11) is 1.56. The van der Waals surface area contributed by atoms with Crippen molar-refractivity contribution in [1.29, 1.82) is 0 Å². The van der Waals surface area contributed by atoms with E-state index in [1.807, 2.05) is 0 Å². The molecular weight excluding hydrogens is 354 g/mol. The van der Waals surface area contributed by atoms with Gasteiger partial charge in [0.2, 0.25) is 11.8 Å². The van der Waals surface area contributed by atoms with Crippen molar-refractivity contribution in [3.05, 3.63) is 29.8 Å². The predicted molar refractivity (Wildman–Crippen MR) is 107 cm³/mol. The van der Waals surface area contributed by atoms with Crippen LogP contribution in [0.15, 0.2) is 24.3 Å². The van der Waals surface area contributed by atoms with E-state index in [4.69, 9.17) is 0 Å². The monoisotopic (exact) mass is 383 g/mol. The summed E-state index contributed by atoms with van der Waals surface area (Å²) in [6.07, 6.45) is 7.18. The first-order valence-corrected chi connectivity index (χ1v) is 10.4. The second-order valence-electron chi connectivity index (χ2n) is 8.88. The van der Waals surface area contributed by atoms with Gasteiger partial charge in [-0.05, 0) is 68.4 Å². The maximum Gasteiger partial charge on any atom is 0.253 e. The van der Waals surface area contributed by atoms with Gasteiger partial charge in [-0.1, -0.05) is 12.1 Å². The lowest BCUT2D eigenvalue weighted by Crippen LogP contribution is -2.53. The minimum Gasteiger partial charge on any atom is -0.355 e. The summed E-state index contributed by atoms with van der Waals surface area (Å²) in [5.41, 5.74) is 0.729. The molecule has 0 saturated heterocycles. The summed E-state index contributed by atoms with van der Waals surface area (Å²) < 4.78 is 0. The maximum absolute atomic E-state index is 12.9. The normalized spacial score (nSPS) is 30.0. The van der Waals surface area contributed by atoms with Gasteiger partial charge in [-0.3, -0.25) is 14.4 Å². The average molecular weight is 383 g/mol. The molecule has 4 fully saturated rings. The molecule has 1 aromatic carbocycles. The third-order valence-electron chi connectivity index (χ3n) is 6.83. The van der Waals surface area contributed by atoms with Gasteiger partial charge in [0.15, 0.2) is 0 Å². The Morgan fingerprint density at radius 1 is 1.00 bits per heavy atom. The van der Waals surface area contributed by atoms with Crippen LogP contribution in [0.25, 0.3) is 0 Å². The van der Waals surface area contributed by atoms with Crippen molar-refractivity contribution in [1.82, 2.24) is 10.6 Å². The van der Waals surface area contributed by atoms with Gasteiger partial charge in [0, 0.05) is 25.4 Å². The molecule has 0 aromatic heterocycles. The number of hydrogen-bond acceptors (Lipinski definition) is 3. The average Bonchev–Trinajstić information content (AvgIpc) is 2.66. The molecule has 0 atom stereocenters. The van der Waals surface area contributed by atoms with Gasteiger partial charge in [-0.25, -0.2) is 0 Å². The van der Waals surface area contributed by atoms with E-state index >= 15 is 0 Å². The van der Waals surface area contributed by atoms with Crippen molar-refractivity contribution >= 4 is 23.4 Å². The molecule has 3 amide bonds. The van der Waals surface area contributed by atoms with Gasteiger partial charge in [-0.15, -0.1) is 0 Å². The Hall–Kier alpha value is -2.37. The second kappa shape index (κ2) is 7.57. The molecular formula is C22H29N3O3. The van der Waals surface area contributed by atoms with Gasteiger partial charge >= 0.3 is 0 Å². The fourth-order valence-corrected chi connectivity index (χ4v) is 6.00. The van der Waals surface area contributed by atoms with Crippen molar-refractivity contribution in [3.8, 4) is 0 Å². The molecule has 4 bridgehead atoms. The van der Waals surface area contributed by atoms with Gasteiger partial charge in [0.1, 0.15) is 0 Å². The molecule has 150 valence electrons. The summed E-state index contributed by atoms with van der Waals surface area (Å²) in [6.45, 7) is 0.328. The van der Waals surface area contributed by atoms with Gasteiger partial charge in [0.05, 0.1) is 11.3 Å². The quantitative estimate of drug-likeness (QED) is 0.706. The highest BCUT2D eigenvalue weighted by molar-refractivity contribution is 6.03. The Morgan fingerprint density at radius 3 is 2.21 bits per heavy atom. The minimum absolute atomic E-state index is 0.144. The molecule has 0 aliphatic heterocycles. The summed E-state index contributed by atoms with van der Waals surface area (Å²) in [4.78, 5) is 37.1. The van der Waals surface area contributed by atoms with Gasteiger partial charge in [0.25, 0.3) is 5.91 Å². The Labute approximate surface area is 165 Å². The van der Waals surface area contributed by atoms with E-state index < -0.39 is 0 Å². The number of para-hydroxylation sites is 1. The second-order valence-corrected chi connectivity index (χ2v) is 8.88. The third kappa shape index (κ3) is 3.64. The van der Waals surface area contributed by atoms with Crippen LogP contribution in [-0.4, -0.2) is 31.3 Å². The van der Waals surface area contributed by atoms with E-state index in [9.17, 15) is 14.4 Å². The van der Waals surface area contributed by atoms with E-state index in [0.717, 1.165) is 37.0 Å². The van der Waals surface area contributed by atoms with Crippen LogP contribution in [0.2, 0.25) is 0 Å². The van der Waals surface area contributed by atoms with E-state index in [2.05, 4.69) is 16.0 Å². The molecule has 0 radical (unpaired) electrons. The van der Waals surface area contributed by atoms with Crippen LogP contribution in [0.4, 0.5) is 5.69 Å². The molecule has 3 N–H and O–H groups in total.